The average Bonchev–Trinajstić information content (AvgIpc) is 2.80. The van der Waals surface area contributed by atoms with Crippen LogP contribution in [0.5, 0.6) is 0 Å². The number of para-hydroxylation sites is 1. The van der Waals surface area contributed by atoms with Crippen LogP contribution in [0.15, 0.2) is 24.3 Å². The Bertz CT molecular complexity index is 661. The van der Waals surface area contributed by atoms with Gasteiger partial charge in [-0.25, -0.2) is 0 Å². The van der Waals surface area contributed by atoms with Gasteiger partial charge in [-0.3, -0.25) is 9.59 Å². The van der Waals surface area contributed by atoms with Crippen LogP contribution < -0.4 is 0 Å². The number of likely N-dealkylation sites (N-methyl/N-ethyl adjacent to an activating group) is 1. The molecule has 0 unspecified atom stereocenters. The van der Waals surface area contributed by atoms with Gasteiger partial charge in [0.05, 0.1) is 13.5 Å². The number of ether oxygens (including phenoxy) is 1. The molecule has 1 heterocycles. The third-order valence-electron chi connectivity index (χ3n) is 3.64. The normalized spacial score (nSPS) is 10.6. The number of carbonyl (C=O) groups excluding carboxylic acids is 2. The van der Waals surface area contributed by atoms with Gasteiger partial charge in [-0.05, 0) is 25.5 Å². The van der Waals surface area contributed by atoms with Crippen LogP contribution in [0.25, 0.3) is 10.9 Å². The van der Waals surface area contributed by atoms with Crippen molar-refractivity contribution in [1.82, 2.24) is 9.88 Å². The lowest BCUT2D eigenvalue weighted by atomic mass is 10.1. The summed E-state index contributed by atoms with van der Waals surface area (Å²) in [4.78, 5) is 28.5. The average molecular weight is 288 g/mol. The number of aryl methyl sites for hydroxylation is 1. The first-order valence-corrected chi connectivity index (χ1v) is 6.97. The van der Waals surface area contributed by atoms with E-state index >= 15 is 0 Å². The van der Waals surface area contributed by atoms with Crippen LogP contribution in [0.1, 0.15) is 18.2 Å². The number of H-pyrrole nitrogens is 1. The number of nitrogens with one attached hydrogen (secondary N) is 1. The van der Waals surface area contributed by atoms with Gasteiger partial charge in [0.25, 0.3) is 0 Å². The van der Waals surface area contributed by atoms with E-state index in [2.05, 4.69) is 9.72 Å². The van der Waals surface area contributed by atoms with Gasteiger partial charge in [-0.2, -0.15) is 0 Å². The number of carbonyl (C=O) groups is 2. The number of esters is 1. The zero-order valence-electron chi connectivity index (χ0n) is 12.6. The molecule has 5 heteroatoms. The minimum atomic E-state index is -0.402. The largest absolute Gasteiger partial charge is 0.468 e. The zero-order valence-corrected chi connectivity index (χ0v) is 12.6. The summed E-state index contributed by atoms with van der Waals surface area (Å²) >= 11 is 0. The molecule has 0 fully saturated rings. The van der Waals surface area contributed by atoms with Gasteiger partial charge in [-0.1, -0.05) is 18.2 Å². The minimum Gasteiger partial charge on any atom is -0.468 e. The highest BCUT2D eigenvalue weighted by Gasteiger charge is 2.19. The van der Waals surface area contributed by atoms with Crippen molar-refractivity contribution in [3.05, 3.63) is 35.5 Å². The van der Waals surface area contributed by atoms with Gasteiger partial charge in [0, 0.05) is 23.1 Å². The molecule has 1 amide bonds. The number of methoxy groups -OCH3 is 1. The van der Waals surface area contributed by atoms with Crippen molar-refractivity contribution in [2.45, 2.75) is 20.3 Å². The summed E-state index contributed by atoms with van der Waals surface area (Å²) in [6.07, 6.45) is 0.278. The highest BCUT2D eigenvalue weighted by molar-refractivity contribution is 5.91. The molecular weight excluding hydrogens is 268 g/mol. The smallest absolute Gasteiger partial charge is 0.325 e. The molecule has 0 saturated heterocycles. The fraction of sp³-hybridized carbons (Fsp3) is 0.375. The molecule has 0 atom stereocenters. The van der Waals surface area contributed by atoms with Crippen molar-refractivity contribution in [3.8, 4) is 0 Å². The van der Waals surface area contributed by atoms with Gasteiger partial charge in [0.15, 0.2) is 0 Å². The van der Waals surface area contributed by atoms with E-state index in [1.54, 1.807) is 0 Å². The molecule has 21 heavy (non-hydrogen) atoms. The Kier molecular flexibility index (Phi) is 4.62. The first kappa shape index (κ1) is 15.1. The lowest BCUT2D eigenvalue weighted by Crippen LogP contribution is -2.37. The van der Waals surface area contributed by atoms with E-state index in [0.29, 0.717) is 6.54 Å². The predicted octanol–water partition coefficient (Wildman–Crippen LogP) is 2.04. The van der Waals surface area contributed by atoms with Crippen molar-refractivity contribution >= 4 is 22.8 Å². The second kappa shape index (κ2) is 6.43. The third-order valence-corrected chi connectivity index (χ3v) is 3.64. The number of hydrogen-bond acceptors (Lipinski definition) is 3. The summed E-state index contributed by atoms with van der Waals surface area (Å²) in [6, 6.07) is 7.90. The van der Waals surface area contributed by atoms with Crippen molar-refractivity contribution in [2.75, 3.05) is 20.2 Å². The van der Waals surface area contributed by atoms with Crippen molar-refractivity contribution in [3.63, 3.8) is 0 Å². The first-order chi connectivity index (χ1) is 10.1. The molecule has 0 saturated carbocycles. The van der Waals surface area contributed by atoms with Gasteiger partial charge in [-0.15, -0.1) is 0 Å². The molecule has 0 aliphatic rings. The molecule has 1 aromatic carbocycles. The van der Waals surface area contributed by atoms with Crippen LogP contribution in [-0.2, 0) is 20.7 Å². The Morgan fingerprint density at radius 1 is 1.29 bits per heavy atom. The van der Waals surface area contributed by atoms with Crippen LogP contribution in [0.4, 0.5) is 0 Å². The lowest BCUT2D eigenvalue weighted by Gasteiger charge is -2.19. The molecule has 2 rings (SSSR count). The fourth-order valence-electron chi connectivity index (χ4n) is 2.42. The number of hydrogen-bond donors (Lipinski definition) is 1. The van der Waals surface area contributed by atoms with E-state index in [1.165, 1.54) is 12.0 Å². The number of nitrogens with zero attached hydrogens (tertiary/aromatic N) is 1. The molecule has 0 aliphatic heterocycles. The molecular formula is C16H20N2O3. The number of amides is 1. The standard InChI is InChI=1S/C16H20N2O3/c1-4-18(10-16(20)21-3)15(19)9-13-11(2)17-14-8-6-5-7-12(13)14/h5-8,17H,4,9-10H2,1-3H3. The maximum absolute atomic E-state index is 12.4. The van der Waals surface area contributed by atoms with Gasteiger partial charge < -0.3 is 14.6 Å². The Hall–Kier alpha value is -2.30. The van der Waals surface area contributed by atoms with E-state index < -0.39 is 5.97 Å². The van der Waals surface area contributed by atoms with Gasteiger partial charge in [0.2, 0.25) is 5.91 Å². The summed E-state index contributed by atoms with van der Waals surface area (Å²) in [5.41, 5.74) is 2.99. The fourth-order valence-corrected chi connectivity index (χ4v) is 2.42. The molecule has 2 aromatic rings. The van der Waals surface area contributed by atoms with E-state index in [9.17, 15) is 9.59 Å². The van der Waals surface area contributed by atoms with Gasteiger partial charge in [0.1, 0.15) is 6.54 Å². The molecule has 5 nitrogen and oxygen atoms in total. The van der Waals surface area contributed by atoms with Crippen LogP contribution in [-0.4, -0.2) is 42.0 Å². The topological polar surface area (TPSA) is 62.4 Å². The summed E-state index contributed by atoms with van der Waals surface area (Å²) in [7, 11) is 1.32. The Morgan fingerprint density at radius 3 is 2.67 bits per heavy atom. The van der Waals surface area contributed by atoms with E-state index in [-0.39, 0.29) is 18.9 Å². The van der Waals surface area contributed by atoms with Crippen molar-refractivity contribution in [1.29, 1.82) is 0 Å². The molecule has 1 N–H and O–H groups in total. The highest BCUT2D eigenvalue weighted by atomic mass is 16.5. The van der Waals surface area contributed by atoms with E-state index in [0.717, 1.165) is 22.2 Å². The quantitative estimate of drug-likeness (QED) is 0.856. The lowest BCUT2D eigenvalue weighted by molar-refractivity contribution is -0.146. The number of rotatable bonds is 5. The third kappa shape index (κ3) is 3.24. The second-order valence-corrected chi connectivity index (χ2v) is 4.93. The maximum Gasteiger partial charge on any atom is 0.325 e. The SMILES string of the molecule is CCN(CC(=O)OC)C(=O)Cc1c(C)[nH]c2ccccc12. The first-order valence-electron chi connectivity index (χ1n) is 6.97. The Morgan fingerprint density at radius 2 is 2.00 bits per heavy atom. The predicted molar refractivity (Wildman–Crippen MR) is 81.0 cm³/mol. The van der Waals surface area contributed by atoms with Crippen LogP contribution >= 0.6 is 0 Å². The maximum atomic E-state index is 12.4. The van der Waals surface area contributed by atoms with Crippen LogP contribution in [0, 0.1) is 6.92 Å². The minimum absolute atomic E-state index is 0.00671. The summed E-state index contributed by atoms with van der Waals surface area (Å²) in [6.45, 7) is 4.28. The summed E-state index contributed by atoms with van der Waals surface area (Å²) in [5.74, 6) is -0.475. The molecule has 1 aromatic heterocycles. The van der Waals surface area contributed by atoms with Gasteiger partial charge >= 0.3 is 5.97 Å². The molecule has 0 radical (unpaired) electrons. The van der Waals surface area contributed by atoms with Crippen LogP contribution in [0.2, 0.25) is 0 Å². The number of fused-ring (bicyclic) bond motifs is 1. The number of aromatic nitrogens is 1. The summed E-state index contributed by atoms with van der Waals surface area (Å²) in [5, 5.41) is 1.05. The number of aromatic amines is 1. The Labute approximate surface area is 123 Å². The monoisotopic (exact) mass is 288 g/mol. The van der Waals surface area contributed by atoms with Crippen molar-refractivity contribution < 1.29 is 14.3 Å². The Balaban J connectivity index is 2.20. The van der Waals surface area contributed by atoms with E-state index in [1.807, 2.05) is 38.1 Å². The number of benzene rings is 1. The molecule has 0 bridgehead atoms. The zero-order chi connectivity index (χ0) is 15.4. The van der Waals surface area contributed by atoms with Crippen molar-refractivity contribution in [2.24, 2.45) is 0 Å². The highest BCUT2D eigenvalue weighted by Crippen LogP contribution is 2.22. The second-order valence-electron chi connectivity index (χ2n) is 4.93. The molecule has 0 spiro atoms. The van der Waals surface area contributed by atoms with Crippen LogP contribution in [0.3, 0.4) is 0 Å². The molecule has 0 aliphatic carbocycles. The molecule has 112 valence electrons. The van der Waals surface area contributed by atoms with E-state index in [4.69, 9.17) is 0 Å². The summed E-state index contributed by atoms with van der Waals surface area (Å²) < 4.78 is 4.62.